The van der Waals surface area contributed by atoms with E-state index in [4.69, 9.17) is 0 Å². The van der Waals surface area contributed by atoms with Gasteiger partial charge in [0.05, 0.1) is 12.0 Å². The number of rotatable bonds is 6. The Kier molecular flexibility index (Phi) is 6.06. The fourth-order valence-corrected chi connectivity index (χ4v) is 4.14. The Balaban J connectivity index is 1.90. The number of nitrogens with zero attached hydrogens (tertiary/aromatic N) is 2. The topological polar surface area (TPSA) is 27.0 Å². The first-order valence-electron chi connectivity index (χ1n) is 7.86. The summed E-state index contributed by atoms with van der Waals surface area (Å²) in [7, 11) is 2.21. The minimum absolute atomic E-state index is 0.233. The zero-order valence-electron chi connectivity index (χ0n) is 12.7. The maximum atomic E-state index is 9.40. The molecule has 3 heteroatoms. The van der Waals surface area contributed by atoms with Crippen LogP contribution in [-0.4, -0.2) is 24.5 Å². The van der Waals surface area contributed by atoms with Crippen molar-refractivity contribution >= 4 is 11.3 Å². The molecule has 0 aromatic carbocycles. The van der Waals surface area contributed by atoms with Crippen LogP contribution in [0.3, 0.4) is 0 Å². The lowest BCUT2D eigenvalue weighted by molar-refractivity contribution is 0.123. The Morgan fingerprint density at radius 2 is 2.30 bits per heavy atom. The summed E-state index contributed by atoms with van der Waals surface area (Å²) in [6.07, 6.45) is 7.27. The molecule has 0 amide bonds. The molecule has 110 valence electrons. The van der Waals surface area contributed by atoms with Crippen molar-refractivity contribution in [2.45, 2.75) is 51.5 Å². The molecule has 0 saturated heterocycles. The minimum atomic E-state index is 0.233. The molecule has 1 saturated carbocycles. The van der Waals surface area contributed by atoms with Crippen molar-refractivity contribution in [3.05, 3.63) is 22.4 Å². The first-order chi connectivity index (χ1) is 9.74. The number of hydrogen-bond acceptors (Lipinski definition) is 3. The predicted octanol–water partition coefficient (Wildman–Crippen LogP) is 4.33. The molecule has 3 unspecified atom stereocenters. The molecule has 2 nitrogen and oxygen atoms in total. The van der Waals surface area contributed by atoms with Gasteiger partial charge in [0.1, 0.15) is 0 Å². The number of nitriles is 1. The second-order valence-corrected chi connectivity index (χ2v) is 7.11. The molecule has 1 heterocycles. The number of hydrogen-bond donors (Lipinski definition) is 0. The SMILES string of the molecule is CCCC1CCC(C#N)C(N(C)CCc2cccs2)C1. The predicted molar refractivity (Wildman–Crippen MR) is 85.8 cm³/mol. The molecule has 0 N–H and O–H groups in total. The zero-order valence-corrected chi connectivity index (χ0v) is 13.5. The summed E-state index contributed by atoms with van der Waals surface area (Å²) < 4.78 is 0. The van der Waals surface area contributed by atoms with Crippen LogP contribution in [0.4, 0.5) is 0 Å². The van der Waals surface area contributed by atoms with E-state index < -0.39 is 0 Å². The second-order valence-electron chi connectivity index (χ2n) is 6.08. The quantitative estimate of drug-likeness (QED) is 0.779. The molecule has 0 spiro atoms. The third-order valence-electron chi connectivity index (χ3n) is 4.65. The van der Waals surface area contributed by atoms with Crippen LogP contribution in [0.15, 0.2) is 17.5 Å². The Bertz CT molecular complexity index is 421. The van der Waals surface area contributed by atoms with E-state index in [9.17, 15) is 5.26 Å². The number of likely N-dealkylation sites (N-methyl/N-ethyl adjacent to an activating group) is 1. The van der Waals surface area contributed by atoms with Gasteiger partial charge in [-0.1, -0.05) is 25.8 Å². The molecule has 1 fully saturated rings. The van der Waals surface area contributed by atoms with E-state index in [-0.39, 0.29) is 5.92 Å². The summed E-state index contributed by atoms with van der Waals surface area (Å²) in [5.74, 6) is 1.07. The molecular weight excluding hydrogens is 264 g/mol. The maximum absolute atomic E-state index is 9.40. The minimum Gasteiger partial charge on any atom is -0.302 e. The molecule has 20 heavy (non-hydrogen) atoms. The Morgan fingerprint density at radius 3 is 2.95 bits per heavy atom. The van der Waals surface area contributed by atoms with Crippen molar-refractivity contribution in [2.24, 2.45) is 11.8 Å². The van der Waals surface area contributed by atoms with Crippen molar-refractivity contribution < 1.29 is 0 Å². The van der Waals surface area contributed by atoms with Gasteiger partial charge in [-0.05, 0) is 50.1 Å². The molecule has 1 aliphatic carbocycles. The highest BCUT2D eigenvalue weighted by molar-refractivity contribution is 7.09. The molecule has 0 radical (unpaired) electrons. The summed E-state index contributed by atoms with van der Waals surface area (Å²) in [6.45, 7) is 3.34. The van der Waals surface area contributed by atoms with Crippen molar-refractivity contribution in [3.63, 3.8) is 0 Å². The summed E-state index contributed by atoms with van der Waals surface area (Å²) in [6, 6.07) is 7.35. The lowest BCUT2D eigenvalue weighted by Gasteiger charge is -2.38. The molecule has 0 aliphatic heterocycles. The van der Waals surface area contributed by atoms with Crippen LogP contribution in [0.2, 0.25) is 0 Å². The average molecular weight is 290 g/mol. The van der Waals surface area contributed by atoms with Gasteiger partial charge < -0.3 is 4.90 Å². The van der Waals surface area contributed by atoms with Crippen LogP contribution in [-0.2, 0) is 6.42 Å². The summed E-state index contributed by atoms with van der Waals surface area (Å²) in [4.78, 5) is 3.89. The van der Waals surface area contributed by atoms with E-state index in [1.807, 2.05) is 11.3 Å². The monoisotopic (exact) mass is 290 g/mol. The normalized spacial score (nSPS) is 26.6. The van der Waals surface area contributed by atoms with E-state index in [1.165, 1.54) is 30.6 Å². The Labute approximate surface area is 127 Å². The zero-order chi connectivity index (χ0) is 14.4. The fraction of sp³-hybridized carbons (Fsp3) is 0.706. The summed E-state index contributed by atoms with van der Waals surface area (Å²) in [5, 5.41) is 11.5. The van der Waals surface area contributed by atoms with Crippen molar-refractivity contribution in [2.75, 3.05) is 13.6 Å². The van der Waals surface area contributed by atoms with Gasteiger partial charge in [0.25, 0.3) is 0 Å². The van der Waals surface area contributed by atoms with Crippen LogP contribution >= 0.6 is 11.3 Å². The van der Waals surface area contributed by atoms with E-state index >= 15 is 0 Å². The summed E-state index contributed by atoms with van der Waals surface area (Å²) in [5.41, 5.74) is 0. The van der Waals surface area contributed by atoms with Gasteiger partial charge in [-0.15, -0.1) is 11.3 Å². The van der Waals surface area contributed by atoms with E-state index in [0.717, 1.165) is 25.3 Å². The van der Waals surface area contributed by atoms with Gasteiger partial charge in [0, 0.05) is 17.5 Å². The molecular formula is C17H26N2S. The van der Waals surface area contributed by atoms with Crippen molar-refractivity contribution in [3.8, 4) is 6.07 Å². The van der Waals surface area contributed by atoms with Crippen molar-refractivity contribution in [1.29, 1.82) is 5.26 Å². The Morgan fingerprint density at radius 1 is 1.45 bits per heavy atom. The molecule has 0 bridgehead atoms. The molecule has 2 rings (SSSR count). The molecule has 1 aromatic heterocycles. The second kappa shape index (κ2) is 7.81. The van der Waals surface area contributed by atoms with Gasteiger partial charge >= 0.3 is 0 Å². The van der Waals surface area contributed by atoms with E-state index in [2.05, 4.69) is 42.5 Å². The van der Waals surface area contributed by atoms with Crippen LogP contribution in [0.5, 0.6) is 0 Å². The van der Waals surface area contributed by atoms with Crippen molar-refractivity contribution in [1.82, 2.24) is 4.90 Å². The third-order valence-corrected chi connectivity index (χ3v) is 5.58. The molecule has 3 atom stereocenters. The highest BCUT2D eigenvalue weighted by Gasteiger charge is 2.32. The van der Waals surface area contributed by atoms with E-state index in [1.54, 1.807) is 0 Å². The summed E-state index contributed by atoms with van der Waals surface area (Å²) >= 11 is 1.84. The highest BCUT2D eigenvalue weighted by Crippen LogP contribution is 2.34. The van der Waals surface area contributed by atoms with Gasteiger partial charge in [-0.2, -0.15) is 5.26 Å². The van der Waals surface area contributed by atoms with Gasteiger partial charge in [-0.3, -0.25) is 0 Å². The lowest BCUT2D eigenvalue weighted by atomic mass is 9.76. The van der Waals surface area contributed by atoms with E-state index in [0.29, 0.717) is 6.04 Å². The third kappa shape index (κ3) is 4.07. The lowest BCUT2D eigenvalue weighted by Crippen LogP contribution is -2.42. The highest BCUT2D eigenvalue weighted by atomic mass is 32.1. The number of thiophene rings is 1. The standard InChI is InChI=1S/C17H26N2S/c1-3-5-14-7-8-15(13-18)17(12-14)19(2)10-9-16-6-4-11-20-16/h4,6,11,14-15,17H,3,5,7-10,12H2,1-2H3. The smallest absolute Gasteiger partial charge is 0.0672 e. The molecule has 1 aliphatic rings. The Hall–Kier alpha value is -0.850. The fourth-order valence-electron chi connectivity index (χ4n) is 3.45. The van der Waals surface area contributed by atoms with Crippen LogP contribution in [0, 0.1) is 23.2 Å². The maximum Gasteiger partial charge on any atom is 0.0672 e. The largest absolute Gasteiger partial charge is 0.302 e. The van der Waals surface area contributed by atoms with Crippen LogP contribution in [0.25, 0.3) is 0 Å². The first-order valence-corrected chi connectivity index (χ1v) is 8.74. The van der Waals surface area contributed by atoms with Gasteiger partial charge in [0.15, 0.2) is 0 Å². The first kappa shape index (κ1) is 15.5. The van der Waals surface area contributed by atoms with Crippen LogP contribution < -0.4 is 0 Å². The average Bonchev–Trinajstić information content (AvgIpc) is 2.98. The molecule has 1 aromatic rings. The van der Waals surface area contributed by atoms with Gasteiger partial charge in [0.2, 0.25) is 0 Å². The van der Waals surface area contributed by atoms with Gasteiger partial charge in [-0.25, -0.2) is 0 Å². The van der Waals surface area contributed by atoms with Crippen LogP contribution in [0.1, 0.15) is 43.9 Å².